The van der Waals surface area contributed by atoms with Gasteiger partial charge in [-0.1, -0.05) is 35.9 Å². The fraction of sp³-hybridized carbons (Fsp3) is 0.455. The van der Waals surface area contributed by atoms with Gasteiger partial charge in [-0.25, -0.2) is 0 Å². The van der Waals surface area contributed by atoms with Crippen LogP contribution >= 0.6 is 11.6 Å². The van der Waals surface area contributed by atoms with Crippen molar-refractivity contribution in [2.45, 2.75) is 39.1 Å². The molecule has 0 unspecified atom stereocenters. The zero-order chi connectivity index (χ0) is 20.5. The number of benzene rings is 2. The second-order valence-electron chi connectivity index (χ2n) is 7.18. The molecular weight excluding hydrogens is 376 g/mol. The predicted molar refractivity (Wildman–Crippen MR) is 114 cm³/mol. The highest BCUT2D eigenvalue weighted by atomic mass is 35.5. The van der Waals surface area contributed by atoms with Gasteiger partial charge >= 0.3 is 0 Å². The van der Waals surface area contributed by atoms with E-state index in [1.807, 2.05) is 49.5 Å². The lowest BCUT2D eigenvalue weighted by Crippen LogP contribution is -2.37. The molecule has 2 rings (SSSR count). The number of methoxy groups -OCH3 is 1. The summed E-state index contributed by atoms with van der Waals surface area (Å²) in [6.07, 6.45) is -0.570. The summed E-state index contributed by atoms with van der Waals surface area (Å²) in [7, 11) is 3.60. The van der Waals surface area contributed by atoms with E-state index in [9.17, 15) is 5.11 Å². The van der Waals surface area contributed by atoms with Gasteiger partial charge in [-0.3, -0.25) is 0 Å². The van der Waals surface area contributed by atoms with Crippen LogP contribution in [0, 0.1) is 0 Å². The number of nitrogens with one attached hydrogen (secondary N) is 1. The van der Waals surface area contributed by atoms with Crippen LogP contribution < -0.4 is 14.8 Å². The highest BCUT2D eigenvalue weighted by Crippen LogP contribution is 2.28. The minimum Gasteiger partial charge on any atom is -0.493 e. The van der Waals surface area contributed by atoms with Crippen LogP contribution in [0.15, 0.2) is 42.5 Å². The highest BCUT2D eigenvalue weighted by molar-refractivity contribution is 6.31. The van der Waals surface area contributed by atoms with Crippen LogP contribution in [-0.2, 0) is 13.1 Å². The Labute approximate surface area is 173 Å². The molecule has 0 aliphatic carbocycles. The number of aliphatic hydroxyl groups is 1. The maximum absolute atomic E-state index is 10.2. The summed E-state index contributed by atoms with van der Waals surface area (Å²) in [5, 5.41) is 14.4. The van der Waals surface area contributed by atoms with Crippen LogP contribution in [0.2, 0.25) is 5.02 Å². The van der Waals surface area contributed by atoms with Gasteiger partial charge in [-0.2, -0.15) is 0 Å². The van der Waals surface area contributed by atoms with Crippen LogP contribution in [0.25, 0.3) is 0 Å². The number of ether oxygens (including phenoxy) is 2. The minimum atomic E-state index is -0.570. The average Bonchev–Trinajstić information content (AvgIpc) is 2.68. The van der Waals surface area contributed by atoms with Gasteiger partial charge in [0.25, 0.3) is 0 Å². The molecule has 6 heteroatoms. The number of hydrogen-bond donors (Lipinski definition) is 2. The summed E-state index contributed by atoms with van der Waals surface area (Å²) in [5.74, 6) is 1.28. The first-order valence-corrected chi connectivity index (χ1v) is 9.90. The molecule has 154 valence electrons. The average molecular weight is 407 g/mol. The number of nitrogens with zero attached hydrogens (tertiary/aromatic N) is 1. The van der Waals surface area contributed by atoms with Crippen molar-refractivity contribution in [2.24, 2.45) is 0 Å². The molecule has 2 aromatic rings. The molecule has 0 aliphatic heterocycles. The molecule has 0 amide bonds. The van der Waals surface area contributed by atoms with E-state index in [0.29, 0.717) is 37.2 Å². The maximum Gasteiger partial charge on any atom is 0.161 e. The third-order valence-electron chi connectivity index (χ3n) is 4.64. The molecule has 0 heterocycles. The number of aliphatic hydroxyl groups excluding tert-OH is 1. The van der Waals surface area contributed by atoms with Gasteiger partial charge in [-0.15, -0.1) is 0 Å². The smallest absolute Gasteiger partial charge is 0.161 e. The third-order valence-corrected chi connectivity index (χ3v) is 5.01. The standard InChI is InChI=1S/C22H31ClN2O3/c1-16(2)25(3)14-19(26)15-28-22-11-17(9-10-21(22)27-4)12-24-13-18-7-5-6-8-20(18)23/h5-11,16,19,24,26H,12-15H2,1-4H3/t19-/m0/s1. The van der Waals surface area contributed by atoms with E-state index < -0.39 is 6.10 Å². The Hall–Kier alpha value is -1.79. The second-order valence-corrected chi connectivity index (χ2v) is 7.59. The normalized spacial score (nSPS) is 12.4. The number of rotatable bonds is 11. The van der Waals surface area contributed by atoms with Crippen molar-refractivity contribution in [3.05, 3.63) is 58.6 Å². The van der Waals surface area contributed by atoms with E-state index in [1.54, 1.807) is 7.11 Å². The molecule has 0 saturated heterocycles. The second kappa shape index (κ2) is 11.3. The van der Waals surface area contributed by atoms with Gasteiger partial charge in [-0.05, 0) is 50.2 Å². The Bertz CT molecular complexity index is 739. The first-order chi connectivity index (χ1) is 13.4. The Morgan fingerprint density at radius 1 is 1.11 bits per heavy atom. The fourth-order valence-electron chi connectivity index (χ4n) is 2.71. The third kappa shape index (κ3) is 6.99. The number of halogens is 1. The monoisotopic (exact) mass is 406 g/mol. The van der Waals surface area contributed by atoms with E-state index in [0.717, 1.165) is 16.1 Å². The molecule has 0 aliphatic rings. The van der Waals surface area contributed by atoms with Crippen LogP contribution in [0.1, 0.15) is 25.0 Å². The van der Waals surface area contributed by atoms with E-state index >= 15 is 0 Å². The Kier molecular flexibility index (Phi) is 9.06. The van der Waals surface area contributed by atoms with Crippen molar-refractivity contribution < 1.29 is 14.6 Å². The largest absolute Gasteiger partial charge is 0.493 e. The number of likely N-dealkylation sites (N-methyl/N-ethyl adjacent to an activating group) is 1. The van der Waals surface area contributed by atoms with Crippen molar-refractivity contribution in [1.29, 1.82) is 0 Å². The van der Waals surface area contributed by atoms with E-state index in [-0.39, 0.29) is 6.61 Å². The van der Waals surface area contributed by atoms with Crippen LogP contribution in [-0.4, -0.2) is 49.5 Å². The first-order valence-electron chi connectivity index (χ1n) is 9.52. The molecule has 2 N–H and O–H groups in total. The van der Waals surface area contributed by atoms with Gasteiger partial charge in [0.1, 0.15) is 12.7 Å². The molecule has 0 bridgehead atoms. The lowest BCUT2D eigenvalue weighted by molar-refractivity contribution is 0.0668. The number of hydrogen-bond acceptors (Lipinski definition) is 5. The van der Waals surface area contributed by atoms with Crippen molar-refractivity contribution in [3.8, 4) is 11.5 Å². The lowest BCUT2D eigenvalue weighted by Gasteiger charge is -2.24. The van der Waals surface area contributed by atoms with Gasteiger partial charge < -0.3 is 24.8 Å². The van der Waals surface area contributed by atoms with Gasteiger partial charge in [0.15, 0.2) is 11.5 Å². The quantitative estimate of drug-likeness (QED) is 0.595. The summed E-state index contributed by atoms with van der Waals surface area (Å²) in [6.45, 7) is 6.31. The van der Waals surface area contributed by atoms with Crippen LogP contribution in [0.4, 0.5) is 0 Å². The van der Waals surface area contributed by atoms with E-state index in [4.69, 9.17) is 21.1 Å². The van der Waals surface area contributed by atoms with Crippen molar-refractivity contribution in [2.75, 3.05) is 27.3 Å². The van der Waals surface area contributed by atoms with Crippen LogP contribution in [0.5, 0.6) is 11.5 Å². The predicted octanol–water partition coefficient (Wildman–Crippen LogP) is 3.72. The van der Waals surface area contributed by atoms with Crippen molar-refractivity contribution >= 4 is 11.6 Å². The summed E-state index contributed by atoms with van der Waals surface area (Å²) >= 11 is 6.19. The molecule has 5 nitrogen and oxygen atoms in total. The van der Waals surface area contributed by atoms with Crippen LogP contribution in [0.3, 0.4) is 0 Å². The van der Waals surface area contributed by atoms with E-state index in [2.05, 4.69) is 24.1 Å². The lowest BCUT2D eigenvalue weighted by atomic mass is 10.2. The molecule has 2 aromatic carbocycles. The van der Waals surface area contributed by atoms with Gasteiger partial charge in [0.2, 0.25) is 0 Å². The summed E-state index contributed by atoms with van der Waals surface area (Å²) in [6, 6.07) is 14.0. The minimum absolute atomic E-state index is 0.212. The molecular formula is C22H31ClN2O3. The highest BCUT2D eigenvalue weighted by Gasteiger charge is 2.13. The first kappa shape index (κ1) is 22.5. The molecule has 1 atom stereocenters. The van der Waals surface area contributed by atoms with Gasteiger partial charge in [0.05, 0.1) is 7.11 Å². The van der Waals surface area contributed by atoms with Crippen molar-refractivity contribution in [3.63, 3.8) is 0 Å². The SMILES string of the molecule is COc1ccc(CNCc2ccccc2Cl)cc1OC[C@@H](O)CN(C)C(C)C. The molecule has 0 fully saturated rings. The zero-order valence-electron chi connectivity index (χ0n) is 17.1. The summed E-state index contributed by atoms with van der Waals surface area (Å²) < 4.78 is 11.2. The molecule has 28 heavy (non-hydrogen) atoms. The Morgan fingerprint density at radius 3 is 2.54 bits per heavy atom. The van der Waals surface area contributed by atoms with Crippen molar-refractivity contribution in [1.82, 2.24) is 10.2 Å². The zero-order valence-corrected chi connectivity index (χ0v) is 17.9. The summed E-state index contributed by atoms with van der Waals surface area (Å²) in [5.41, 5.74) is 2.13. The molecule has 0 saturated carbocycles. The van der Waals surface area contributed by atoms with Gasteiger partial charge in [0, 0.05) is 30.7 Å². The maximum atomic E-state index is 10.2. The topological polar surface area (TPSA) is 54.0 Å². The Balaban J connectivity index is 1.92. The molecule has 0 aromatic heterocycles. The Morgan fingerprint density at radius 2 is 1.86 bits per heavy atom. The fourth-order valence-corrected chi connectivity index (χ4v) is 2.91. The summed E-state index contributed by atoms with van der Waals surface area (Å²) in [4.78, 5) is 2.08. The molecule has 0 radical (unpaired) electrons. The molecule has 0 spiro atoms. The van der Waals surface area contributed by atoms with E-state index in [1.165, 1.54) is 0 Å².